The van der Waals surface area contributed by atoms with E-state index in [1.54, 1.807) is 4.90 Å². The Labute approximate surface area is 136 Å². The lowest BCUT2D eigenvalue weighted by Gasteiger charge is -2.34. The van der Waals surface area contributed by atoms with Crippen LogP contribution in [0.5, 0.6) is 0 Å². The fourth-order valence-corrected chi connectivity index (χ4v) is 3.44. The predicted molar refractivity (Wildman–Crippen MR) is 86.1 cm³/mol. The average Bonchev–Trinajstić information content (AvgIpc) is 2.99. The van der Waals surface area contributed by atoms with Crippen LogP contribution in [0.1, 0.15) is 44.6 Å². The van der Waals surface area contributed by atoms with Gasteiger partial charge in [-0.05, 0) is 37.5 Å². The molecule has 1 saturated carbocycles. The van der Waals surface area contributed by atoms with Gasteiger partial charge in [-0.1, -0.05) is 36.6 Å². The first-order chi connectivity index (χ1) is 10.5. The average molecular weight is 324 g/mol. The molecule has 1 aromatic carbocycles. The van der Waals surface area contributed by atoms with Crippen LogP contribution in [-0.2, 0) is 15.0 Å². The molecule has 0 heterocycles. The molecule has 1 amide bonds. The summed E-state index contributed by atoms with van der Waals surface area (Å²) in [5.74, 6) is -0.825. The molecular weight excluding hydrogens is 302 g/mol. The van der Waals surface area contributed by atoms with Crippen LogP contribution in [0.2, 0.25) is 5.02 Å². The molecule has 0 atom stereocenters. The normalized spacial score (nSPS) is 16.5. The molecule has 0 aromatic heterocycles. The lowest BCUT2D eigenvalue weighted by atomic mass is 9.77. The number of carboxylic acids is 1. The topological polar surface area (TPSA) is 57.6 Å². The molecule has 4 nitrogen and oxygen atoms in total. The number of amides is 1. The van der Waals surface area contributed by atoms with Crippen LogP contribution in [0.15, 0.2) is 24.3 Å². The number of carbonyl (C=O) groups excluding carboxylic acids is 1. The number of aliphatic carboxylic acids is 1. The van der Waals surface area contributed by atoms with Crippen LogP contribution >= 0.6 is 11.6 Å². The molecule has 120 valence electrons. The molecule has 0 radical (unpaired) electrons. The highest BCUT2D eigenvalue weighted by Crippen LogP contribution is 2.43. The van der Waals surface area contributed by atoms with Crippen LogP contribution in [0.4, 0.5) is 0 Å². The van der Waals surface area contributed by atoms with Crippen molar-refractivity contribution in [2.75, 3.05) is 13.1 Å². The Bertz CT molecular complexity index is 535. The lowest BCUT2D eigenvalue weighted by Crippen LogP contribution is -2.46. The highest BCUT2D eigenvalue weighted by Gasteiger charge is 2.44. The zero-order valence-corrected chi connectivity index (χ0v) is 13.6. The maximum atomic E-state index is 13.1. The summed E-state index contributed by atoms with van der Waals surface area (Å²) in [6, 6.07) is 7.49. The fourth-order valence-electron chi connectivity index (χ4n) is 3.31. The van der Waals surface area contributed by atoms with Crippen LogP contribution < -0.4 is 0 Å². The first-order valence-electron chi connectivity index (χ1n) is 7.77. The van der Waals surface area contributed by atoms with E-state index in [1.165, 1.54) is 0 Å². The van der Waals surface area contributed by atoms with Crippen molar-refractivity contribution in [2.45, 2.75) is 44.4 Å². The van der Waals surface area contributed by atoms with E-state index in [2.05, 4.69) is 0 Å². The van der Waals surface area contributed by atoms with E-state index < -0.39 is 11.4 Å². The molecule has 5 heteroatoms. The van der Waals surface area contributed by atoms with Crippen molar-refractivity contribution >= 4 is 23.5 Å². The summed E-state index contributed by atoms with van der Waals surface area (Å²) in [6.45, 7) is 2.69. The van der Waals surface area contributed by atoms with E-state index in [0.29, 0.717) is 11.6 Å². The number of benzene rings is 1. The third-order valence-corrected chi connectivity index (χ3v) is 4.78. The van der Waals surface area contributed by atoms with E-state index >= 15 is 0 Å². The number of nitrogens with zero attached hydrogens (tertiary/aromatic N) is 1. The van der Waals surface area contributed by atoms with E-state index in [0.717, 1.165) is 31.2 Å². The largest absolute Gasteiger partial charge is 0.481 e. The molecule has 2 rings (SSSR count). The number of likely N-dealkylation sites (N-methyl/N-ethyl adjacent to an activating group) is 1. The minimum Gasteiger partial charge on any atom is -0.481 e. The molecule has 22 heavy (non-hydrogen) atoms. The molecule has 1 fully saturated rings. The second-order valence-electron chi connectivity index (χ2n) is 5.82. The minimum absolute atomic E-state index is 0.0176. The second kappa shape index (κ2) is 7.14. The third-order valence-electron chi connectivity index (χ3n) is 4.53. The standard InChI is InChI=1S/C17H22ClNO3/c1-2-19(12-9-15(20)21)16(22)17(10-3-4-11-17)13-5-7-14(18)8-6-13/h5-8H,2-4,9-12H2,1H3,(H,20,21). The Balaban J connectivity index is 2.27. The zero-order chi connectivity index (χ0) is 16.2. The second-order valence-corrected chi connectivity index (χ2v) is 6.26. The highest BCUT2D eigenvalue weighted by molar-refractivity contribution is 6.30. The highest BCUT2D eigenvalue weighted by atomic mass is 35.5. The fraction of sp³-hybridized carbons (Fsp3) is 0.529. The molecule has 1 aliphatic carbocycles. The van der Waals surface area contributed by atoms with Crippen molar-refractivity contribution in [3.63, 3.8) is 0 Å². The van der Waals surface area contributed by atoms with Crippen LogP contribution in [0.3, 0.4) is 0 Å². The summed E-state index contributed by atoms with van der Waals surface area (Å²) in [5.41, 5.74) is 0.479. The first kappa shape index (κ1) is 16.8. The van der Waals surface area contributed by atoms with Gasteiger partial charge in [0, 0.05) is 18.1 Å². The van der Waals surface area contributed by atoms with Gasteiger partial charge in [0.25, 0.3) is 0 Å². The van der Waals surface area contributed by atoms with Crippen molar-refractivity contribution in [2.24, 2.45) is 0 Å². The zero-order valence-electron chi connectivity index (χ0n) is 12.8. The van der Waals surface area contributed by atoms with E-state index in [1.807, 2.05) is 31.2 Å². The molecule has 1 aliphatic rings. The third kappa shape index (κ3) is 3.43. The number of rotatable bonds is 6. The Hall–Kier alpha value is -1.55. The Morgan fingerprint density at radius 1 is 1.23 bits per heavy atom. The lowest BCUT2D eigenvalue weighted by molar-refractivity contribution is -0.140. The van der Waals surface area contributed by atoms with Crippen LogP contribution in [0, 0.1) is 0 Å². The number of halogens is 1. The monoisotopic (exact) mass is 323 g/mol. The molecule has 1 N–H and O–H groups in total. The predicted octanol–water partition coefficient (Wildman–Crippen LogP) is 3.48. The molecule has 0 bridgehead atoms. The number of carboxylic acid groups (broad SMARTS) is 1. The van der Waals surface area contributed by atoms with Gasteiger partial charge in [-0.2, -0.15) is 0 Å². The molecule has 1 aromatic rings. The van der Waals surface area contributed by atoms with E-state index in [9.17, 15) is 9.59 Å². The van der Waals surface area contributed by atoms with Crippen molar-refractivity contribution < 1.29 is 14.7 Å². The van der Waals surface area contributed by atoms with Crippen LogP contribution in [-0.4, -0.2) is 35.0 Å². The SMILES string of the molecule is CCN(CCC(=O)O)C(=O)C1(c2ccc(Cl)cc2)CCCC1. The summed E-state index contributed by atoms with van der Waals surface area (Å²) in [4.78, 5) is 25.6. The molecule has 0 spiro atoms. The van der Waals surface area contributed by atoms with Gasteiger partial charge in [0.2, 0.25) is 5.91 Å². The summed E-state index contributed by atoms with van der Waals surface area (Å²) >= 11 is 5.96. The summed E-state index contributed by atoms with van der Waals surface area (Å²) in [6.07, 6.45) is 3.65. The maximum absolute atomic E-state index is 13.1. The van der Waals surface area contributed by atoms with E-state index in [-0.39, 0.29) is 18.9 Å². The van der Waals surface area contributed by atoms with Crippen molar-refractivity contribution in [1.29, 1.82) is 0 Å². The maximum Gasteiger partial charge on any atom is 0.305 e. The Kier molecular flexibility index (Phi) is 5.46. The van der Waals surface area contributed by atoms with Gasteiger partial charge < -0.3 is 10.0 Å². The number of hydrogen-bond acceptors (Lipinski definition) is 2. The molecular formula is C17H22ClNO3. The first-order valence-corrected chi connectivity index (χ1v) is 8.14. The number of carbonyl (C=O) groups is 2. The molecule has 0 unspecified atom stereocenters. The summed E-state index contributed by atoms with van der Waals surface area (Å²) in [5, 5.41) is 9.52. The smallest absolute Gasteiger partial charge is 0.305 e. The molecule has 0 saturated heterocycles. The van der Waals surface area contributed by atoms with Gasteiger partial charge in [-0.3, -0.25) is 9.59 Å². The quantitative estimate of drug-likeness (QED) is 0.872. The van der Waals surface area contributed by atoms with E-state index in [4.69, 9.17) is 16.7 Å². The molecule has 0 aliphatic heterocycles. The van der Waals surface area contributed by atoms with Crippen molar-refractivity contribution in [1.82, 2.24) is 4.90 Å². The van der Waals surface area contributed by atoms with Gasteiger partial charge in [0.15, 0.2) is 0 Å². The summed E-state index contributed by atoms with van der Waals surface area (Å²) in [7, 11) is 0. The minimum atomic E-state index is -0.877. The van der Waals surface area contributed by atoms with Gasteiger partial charge in [0.1, 0.15) is 0 Å². The Morgan fingerprint density at radius 2 is 1.82 bits per heavy atom. The van der Waals surface area contributed by atoms with Crippen molar-refractivity contribution in [3.8, 4) is 0 Å². The van der Waals surface area contributed by atoms with Gasteiger partial charge >= 0.3 is 5.97 Å². The van der Waals surface area contributed by atoms with Gasteiger partial charge in [-0.15, -0.1) is 0 Å². The summed E-state index contributed by atoms with van der Waals surface area (Å²) < 4.78 is 0. The van der Waals surface area contributed by atoms with Gasteiger partial charge in [-0.25, -0.2) is 0 Å². The van der Waals surface area contributed by atoms with Crippen LogP contribution in [0.25, 0.3) is 0 Å². The van der Waals surface area contributed by atoms with Gasteiger partial charge in [0.05, 0.1) is 11.8 Å². The number of hydrogen-bond donors (Lipinski definition) is 1. The Morgan fingerprint density at radius 3 is 2.32 bits per heavy atom. The van der Waals surface area contributed by atoms with Crippen molar-refractivity contribution in [3.05, 3.63) is 34.9 Å².